The third kappa shape index (κ3) is 10.2. The maximum atomic E-state index is 12.8. The number of amides is 3. The molecule has 9 heteroatoms. The van der Waals surface area contributed by atoms with E-state index in [-0.39, 0.29) is 32.7 Å². The minimum atomic E-state index is -0.943. The van der Waals surface area contributed by atoms with E-state index in [1.54, 1.807) is 12.1 Å². The lowest BCUT2D eigenvalue weighted by molar-refractivity contribution is -0.149. The highest BCUT2D eigenvalue weighted by Crippen LogP contribution is 2.07. The second-order valence-electron chi connectivity index (χ2n) is 8.10. The molecule has 0 aliphatic heterocycles. The number of carbonyl (C=O) groups is 4. The highest BCUT2D eigenvalue weighted by molar-refractivity contribution is 5.89. The van der Waals surface area contributed by atoms with Gasteiger partial charge in [-0.1, -0.05) is 91.0 Å². The molecule has 37 heavy (non-hydrogen) atoms. The summed E-state index contributed by atoms with van der Waals surface area (Å²) in [7, 11) is 0. The van der Waals surface area contributed by atoms with Crippen molar-refractivity contribution in [3.05, 3.63) is 108 Å². The van der Waals surface area contributed by atoms with Crippen LogP contribution in [-0.2, 0) is 43.5 Å². The van der Waals surface area contributed by atoms with Crippen molar-refractivity contribution in [2.45, 2.75) is 25.7 Å². The van der Waals surface area contributed by atoms with Gasteiger partial charge < -0.3 is 25.4 Å². The Bertz CT molecular complexity index is 1160. The van der Waals surface area contributed by atoms with Gasteiger partial charge in [0.15, 0.2) is 0 Å². The maximum Gasteiger partial charge on any atom is 0.407 e. The number of hydrogen-bond donors (Lipinski definition) is 3. The van der Waals surface area contributed by atoms with Crippen molar-refractivity contribution < 1.29 is 28.7 Å². The molecule has 192 valence electrons. The third-order valence-corrected chi connectivity index (χ3v) is 5.18. The van der Waals surface area contributed by atoms with Crippen LogP contribution in [0.5, 0.6) is 0 Å². The molecule has 0 unspecified atom stereocenters. The van der Waals surface area contributed by atoms with Gasteiger partial charge in [0, 0.05) is 6.42 Å². The highest BCUT2D eigenvalue weighted by atomic mass is 16.5. The van der Waals surface area contributed by atoms with Gasteiger partial charge in [-0.2, -0.15) is 0 Å². The van der Waals surface area contributed by atoms with Gasteiger partial charge in [-0.3, -0.25) is 9.59 Å². The summed E-state index contributed by atoms with van der Waals surface area (Å²) >= 11 is 0. The van der Waals surface area contributed by atoms with Crippen LogP contribution in [0.2, 0.25) is 0 Å². The summed E-state index contributed by atoms with van der Waals surface area (Å²) in [6.45, 7) is -0.603. The SMILES string of the molecule is O=C(CNC(=O)OCc1ccccc1)NCC(=O)N[C@H](Cc1ccccc1)C(=O)OCc1ccccc1. The van der Waals surface area contributed by atoms with Gasteiger partial charge in [0.2, 0.25) is 11.8 Å². The second-order valence-corrected chi connectivity index (χ2v) is 8.10. The number of ether oxygens (including phenoxy) is 2. The van der Waals surface area contributed by atoms with Crippen molar-refractivity contribution >= 4 is 23.9 Å². The van der Waals surface area contributed by atoms with Crippen LogP contribution in [0.25, 0.3) is 0 Å². The first-order valence-corrected chi connectivity index (χ1v) is 11.7. The van der Waals surface area contributed by atoms with E-state index in [0.29, 0.717) is 0 Å². The molecule has 1 atom stereocenters. The Morgan fingerprint density at radius 2 is 1.08 bits per heavy atom. The molecule has 3 rings (SSSR count). The predicted octanol–water partition coefficient (Wildman–Crippen LogP) is 2.50. The minimum Gasteiger partial charge on any atom is -0.459 e. The quantitative estimate of drug-likeness (QED) is 0.327. The first-order valence-electron chi connectivity index (χ1n) is 11.7. The first kappa shape index (κ1) is 26.9. The number of benzene rings is 3. The summed E-state index contributed by atoms with van der Waals surface area (Å²) in [5.74, 6) is -1.74. The summed E-state index contributed by atoms with van der Waals surface area (Å²) in [6.07, 6.45) is -0.532. The fourth-order valence-corrected chi connectivity index (χ4v) is 3.29. The van der Waals surface area contributed by atoms with Crippen molar-refractivity contribution in [1.82, 2.24) is 16.0 Å². The molecule has 9 nitrogen and oxygen atoms in total. The molecule has 0 bridgehead atoms. The van der Waals surface area contributed by atoms with E-state index in [0.717, 1.165) is 16.7 Å². The lowest BCUT2D eigenvalue weighted by atomic mass is 10.1. The van der Waals surface area contributed by atoms with E-state index in [9.17, 15) is 19.2 Å². The lowest BCUT2D eigenvalue weighted by Crippen LogP contribution is -2.48. The summed E-state index contributed by atoms with van der Waals surface area (Å²) < 4.78 is 10.4. The Hall–Kier alpha value is -4.66. The lowest BCUT2D eigenvalue weighted by Gasteiger charge is -2.18. The van der Waals surface area contributed by atoms with Gasteiger partial charge in [-0.05, 0) is 16.7 Å². The largest absolute Gasteiger partial charge is 0.459 e. The molecule has 3 amide bonds. The number of carbonyl (C=O) groups excluding carboxylic acids is 4. The molecule has 0 radical (unpaired) electrons. The monoisotopic (exact) mass is 503 g/mol. The molecule has 0 aliphatic rings. The van der Waals surface area contributed by atoms with Crippen LogP contribution in [0.3, 0.4) is 0 Å². The van der Waals surface area contributed by atoms with Crippen molar-refractivity contribution in [1.29, 1.82) is 0 Å². The van der Waals surface area contributed by atoms with E-state index in [4.69, 9.17) is 9.47 Å². The van der Waals surface area contributed by atoms with Crippen LogP contribution in [0.4, 0.5) is 4.79 Å². The van der Waals surface area contributed by atoms with Gasteiger partial charge in [-0.15, -0.1) is 0 Å². The molecular weight excluding hydrogens is 474 g/mol. The Kier molecular flexibility index (Phi) is 10.7. The number of hydrogen-bond acceptors (Lipinski definition) is 6. The number of rotatable bonds is 12. The predicted molar refractivity (Wildman–Crippen MR) is 136 cm³/mol. The fourth-order valence-electron chi connectivity index (χ4n) is 3.29. The summed E-state index contributed by atoms with van der Waals surface area (Å²) in [4.78, 5) is 49.0. The number of nitrogens with one attached hydrogen (secondary N) is 3. The molecule has 0 fully saturated rings. The molecule has 0 saturated carbocycles. The Morgan fingerprint density at radius 1 is 0.595 bits per heavy atom. The van der Waals surface area contributed by atoms with E-state index in [1.807, 2.05) is 78.9 Å². The van der Waals surface area contributed by atoms with Crippen LogP contribution in [-0.4, -0.2) is 43.0 Å². The first-order chi connectivity index (χ1) is 18.0. The van der Waals surface area contributed by atoms with E-state index >= 15 is 0 Å². The second kappa shape index (κ2) is 14.7. The van der Waals surface area contributed by atoms with Gasteiger partial charge in [0.05, 0.1) is 6.54 Å². The van der Waals surface area contributed by atoms with Crippen LogP contribution in [0.1, 0.15) is 16.7 Å². The molecule has 0 aromatic heterocycles. The molecule has 0 aliphatic carbocycles. The molecule has 0 saturated heterocycles. The molecule has 0 heterocycles. The summed E-state index contributed by atoms with van der Waals surface area (Å²) in [6, 6.07) is 26.6. The Morgan fingerprint density at radius 3 is 1.65 bits per heavy atom. The number of esters is 1. The van der Waals surface area contributed by atoms with E-state index < -0.39 is 29.9 Å². The van der Waals surface area contributed by atoms with Crippen LogP contribution < -0.4 is 16.0 Å². The zero-order valence-electron chi connectivity index (χ0n) is 20.2. The normalized spacial score (nSPS) is 11.0. The number of alkyl carbamates (subject to hydrolysis) is 1. The van der Waals surface area contributed by atoms with Crippen LogP contribution in [0, 0.1) is 0 Å². The average Bonchev–Trinajstić information content (AvgIpc) is 2.94. The Balaban J connectivity index is 1.43. The average molecular weight is 504 g/mol. The maximum absolute atomic E-state index is 12.8. The van der Waals surface area contributed by atoms with E-state index in [2.05, 4.69) is 16.0 Å². The smallest absolute Gasteiger partial charge is 0.407 e. The third-order valence-electron chi connectivity index (χ3n) is 5.18. The fraction of sp³-hybridized carbons (Fsp3) is 0.214. The zero-order valence-corrected chi connectivity index (χ0v) is 20.2. The van der Waals surface area contributed by atoms with Crippen molar-refractivity contribution in [3.8, 4) is 0 Å². The topological polar surface area (TPSA) is 123 Å². The minimum absolute atomic E-state index is 0.0693. The van der Waals surface area contributed by atoms with Gasteiger partial charge in [0.25, 0.3) is 0 Å². The van der Waals surface area contributed by atoms with Gasteiger partial charge in [0.1, 0.15) is 25.8 Å². The summed E-state index contributed by atoms with van der Waals surface area (Å²) in [5.41, 5.74) is 2.47. The van der Waals surface area contributed by atoms with Crippen molar-refractivity contribution in [3.63, 3.8) is 0 Å². The van der Waals surface area contributed by atoms with Crippen LogP contribution >= 0.6 is 0 Å². The summed E-state index contributed by atoms with van der Waals surface area (Å²) in [5, 5.41) is 7.35. The standard InChI is InChI=1S/C28H29N3O6/c32-25(17-30-28(35)37-20-23-14-8-3-9-15-23)29-18-26(33)31-24(16-21-10-4-1-5-11-21)27(34)36-19-22-12-6-2-7-13-22/h1-15,24H,16-20H2,(H,29,32)(H,30,35)(H,31,33)/t24-/m1/s1. The highest BCUT2D eigenvalue weighted by Gasteiger charge is 2.23. The molecule has 3 aromatic carbocycles. The molecule has 3 N–H and O–H groups in total. The van der Waals surface area contributed by atoms with E-state index in [1.165, 1.54) is 0 Å². The van der Waals surface area contributed by atoms with Crippen LogP contribution in [0.15, 0.2) is 91.0 Å². The van der Waals surface area contributed by atoms with Gasteiger partial charge >= 0.3 is 12.1 Å². The molecular formula is C28H29N3O6. The molecule has 0 spiro atoms. The zero-order chi connectivity index (χ0) is 26.3. The molecule has 3 aromatic rings. The van der Waals surface area contributed by atoms with Crippen molar-refractivity contribution in [2.75, 3.05) is 13.1 Å². The van der Waals surface area contributed by atoms with Crippen molar-refractivity contribution in [2.24, 2.45) is 0 Å². The van der Waals surface area contributed by atoms with Gasteiger partial charge in [-0.25, -0.2) is 9.59 Å². The Labute approximate surface area is 215 Å².